The van der Waals surface area contributed by atoms with Gasteiger partial charge < -0.3 is 24.5 Å². The van der Waals surface area contributed by atoms with E-state index in [0.717, 1.165) is 78.8 Å². The van der Waals surface area contributed by atoms with Gasteiger partial charge in [-0.25, -0.2) is 14.4 Å². The number of imide groups is 1. The molecule has 1 unspecified atom stereocenters. The van der Waals surface area contributed by atoms with E-state index < -0.39 is 17.8 Å². The van der Waals surface area contributed by atoms with E-state index >= 15 is 4.39 Å². The number of hydrogen-bond acceptors (Lipinski definition) is 11. The Labute approximate surface area is 352 Å². The Morgan fingerprint density at radius 2 is 1.70 bits per heavy atom. The Morgan fingerprint density at radius 1 is 0.933 bits per heavy atom. The average molecular weight is 826 g/mol. The van der Waals surface area contributed by atoms with Gasteiger partial charge in [0.05, 0.1) is 35.1 Å². The number of aryl methyl sites for hydroxylation is 1. The van der Waals surface area contributed by atoms with E-state index in [1.165, 1.54) is 43.5 Å². The first-order valence-corrected chi connectivity index (χ1v) is 21.9. The highest BCUT2D eigenvalue weighted by atomic mass is 19.1. The average Bonchev–Trinajstić information content (AvgIpc) is 3.65. The summed E-state index contributed by atoms with van der Waals surface area (Å²) in [6.45, 7) is 10.6. The number of nitrogens with zero attached hydrogens (tertiary/aromatic N) is 7. The van der Waals surface area contributed by atoms with Gasteiger partial charge in [0.25, 0.3) is 5.91 Å². The highest BCUT2D eigenvalue weighted by Gasteiger charge is 2.42. The largest absolute Gasteiger partial charge is 0.488 e. The van der Waals surface area contributed by atoms with Gasteiger partial charge in [0.1, 0.15) is 35.2 Å². The fraction of sp³-hybridized carbons (Fsp3) is 0.556. The third kappa shape index (κ3) is 8.43. The number of fused-ring (bicyclic) bond motifs is 2. The molecule has 60 heavy (non-hydrogen) atoms. The highest BCUT2D eigenvalue weighted by Crippen LogP contribution is 2.41. The van der Waals surface area contributed by atoms with Crippen LogP contribution in [-0.4, -0.2) is 116 Å². The molecule has 5 fully saturated rings. The Morgan fingerprint density at radius 3 is 2.43 bits per heavy atom. The quantitative estimate of drug-likeness (QED) is 0.179. The summed E-state index contributed by atoms with van der Waals surface area (Å²) in [6.07, 6.45) is 12.2. The van der Waals surface area contributed by atoms with Gasteiger partial charge in [-0.3, -0.25) is 29.7 Å². The van der Waals surface area contributed by atoms with Crippen LogP contribution in [0.5, 0.6) is 5.75 Å². The first kappa shape index (κ1) is 40.3. The second kappa shape index (κ2) is 16.7. The molecule has 4 aliphatic heterocycles. The van der Waals surface area contributed by atoms with Gasteiger partial charge in [-0.2, -0.15) is 5.10 Å². The second-order valence-electron chi connectivity index (χ2n) is 17.9. The van der Waals surface area contributed by atoms with Crippen molar-refractivity contribution in [2.24, 2.45) is 5.92 Å². The van der Waals surface area contributed by atoms with Crippen LogP contribution in [0.1, 0.15) is 102 Å². The lowest BCUT2D eigenvalue weighted by molar-refractivity contribution is -0.136. The van der Waals surface area contributed by atoms with E-state index in [1.807, 2.05) is 17.0 Å². The molecule has 4 aromatic rings. The number of amides is 3. The number of piperazine rings is 1. The van der Waals surface area contributed by atoms with Crippen LogP contribution < -0.4 is 19.9 Å². The van der Waals surface area contributed by atoms with Crippen molar-refractivity contribution in [1.82, 2.24) is 35.3 Å². The van der Waals surface area contributed by atoms with Gasteiger partial charge in [0.2, 0.25) is 11.8 Å². The van der Waals surface area contributed by atoms with E-state index in [0.29, 0.717) is 48.3 Å². The fourth-order valence-corrected chi connectivity index (χ4v) is 9.60. The number of ether oxygens (including phenoxy) is 1. The van der Waals surface area contributed by atoms with Crippen LogP contribution in [0, 0.1) is 18.7 Å². The van der Waals surface area contributed by atoms with Gasteiger partial charge in [0, 0.05) is 72.1 Å². The van der Waals surface area contributed by atoms with Crippen molar-refractivity contribution in [1.29, 1.82) is 0 Å². The maximum atomic E-state index is 15.3. The molecule has 1 atom stereocenters. The van der Waals surface area contributed by atoms with Gasteiger partial charge in [0.15, 0.2) is 5.82 Å². The number of H-pyrrole nitrogens is 1. The highest BCUT2D eigenvalue weighted by molar-refractivity contribution is 6.06. The number of aliphatic hydroxyl groups is 1. The Bertz CT molecular complexity index is 2270. The van der Waals surface area contributed by atoms with Crippen LogP contribution >= 0.6 is 0 Å². The van der Waals surface area contributed by atoms with Crippen LogP contribution in [-0.2, 0) is 16.1 Å². The molecule has 2 saturated carbocycles. The van der Waals surface area contributed by atoms with Gasteiger partial charge in [-0.1, -0.05) is 19.3 Å². The van der Waals surface area contributed by atoms with Crippen molar-refractivity contribution in [3.05, 3.63) is 59.2 Å². The lowest BCUT2D eigenvalue weighted by atomic mass is 9.89. The lowest BCUT2D eigenvalue weighted by Crippen LogP contribution is -2.52. The maximum Gasteiger partial charge on any atom is 0.255 e. The summed E-state index contributed by atoms with van der Waals surface area (Å²) in [5.41, 5.74) is 4.45. The number of piperidine rings is 2. The van der Waals surface area contributed by atoms with Crippen molar-refractivity contribution < 1.29 is 31.5 Å². The first-order valence-electron chi connectivity index (χ1n) is 21.9. The van der Waals surface area contributed by atoms with Crippen molar-refractivity contribution in [2.45, 2.75) is 109 Å². The molecule has 6 aliphatic rings. The minimum Gasteiger partial charge on any atom is -0.488 e. The Kier molecular flexibility index (Phi) is 11.2. The summed E-state index contributed by atoms with van der Waals surface area (Å²) < 4.78 is 21.4. The van der Waals surface area contributed by atoms with Gasteiger partial charge in [-0.15, -0.1) is 0 Å². The van der Waals surface area contributed by atoms with E-state index in [1.54, 1.807) is 19.3 Å². The van der Waals surface area contributed by atoms with Gasteiger partial charge in [-0.05, 0) is 94.5 Å². The van der Waals surface area contributed by atoms with Crippen molar-refractivity contribution in [3.8, 4) is 17.1 Å². The zero-order chi connectivity index (χ0) is 41.5. The number of aromatic nitrogens is 4. The van der Waals surface area contributed by atoms with Crippen molar-refractivity contribution >= 4 is 40.1 Å². The number of halogens is 1. The summed E-state index contributed by atoms with van der Waals surface area (Å²) >= 11 is 0. The maximum absolute atomic E-state index is 15.3. The number of carbonyl (C=O) groups excluding carboxylic acids is 3. The van der Waals surface area contributed by atoms with Crippen LogP contribution in [0.15, 0.2) is 36.7 Å². The van der Waals surface area contributed by atoms with Crippen molar-refractivity contribution in [3.63, 3.8) is 0 Å². The van der Waals surface area contributed by atoms with Crippen LogP contribution in [0.2, 0.25) is 0 Å². The number of anilines is 2. The minimum absolute atomic E-state index is 0. The van der Waals surface area contributed by atoms with E-state index in [2.05, 4.69) is 54.3 Å². The molecule has 322 valence electrons. The number of rotatable bonds is 8. The molecule has 14 nitrogen and oxygen atoms in total. The standard InChI is InChI=1S/C26H34N6O.C19H22FN3O4.2H2/c1-26(9-10-26)33-20-7-8-22-21(15-20)25(30-29-22)23-16-24(28-18-27-23)32-13-11-31(12-14-32)17-19-5-3-2-4-6-19;1-10-8-14(22-6-4-11(24)5-7-22)17(20)12-9-23(19(27)16(10)12)13-2-3-15(25)21-18(13)26;;/h7-8,15-16,18-19H,2-6,9-14,17H2,1H3,(H,29,30);8,11,13,24H,2-7,9H2,1H3,(H,21,25,26);2*1H. The topological polar surface area (TPSA) is 160 Å². The molecule has 0 bridgehead atoms. The number of benzene rings is 2. The molecule has 3 amide bonds. The monoisotopic (exact) mass is 825 g/mol. The number of carbonyl (C=O) groups is 3. The van der Waals surface area contributed by atoms with E-state index in [4.69, 9.17) is 4.74 Å². The SMILES string of the molecule is CC1(Oc2ccc3[nH]nc(-c4cc(N5CCN(CC6CCCCC6)CC5)ncn4)c3c2)CC1.Cc1cc(N2CCC(O)CC2)c(F)c2c1C(=O)N(C1CCC(=O)NC1=O)C2.[HH].[HH]. The normalized spacial score (nSPS) is 22.4. The second-order valence-corrected chi connectivity index (χ2v) is 17.9. The Balaban J connectivity index is 0.000000184. The first-order chi connectivity index (χ1) is 29.0. The molecule has 15 heteroatoms. The summed E-state index contributed by atoms with van der Waals surface area (Å²) in [7, 11) is 0. The van der Waals surface area contributed by atoms with Crippen molar-refractivity contribution in [2.75, 3.05) is 55.6 Å². The third-order valence-corrected chi connectivity index (χ3v) is 13.4. The molecule has 2 aromatic carbocycles. The molecule has 3 saturated heterocycles. The molecule has 0 radical (unpaired) electrons. The molecule has 6 heterocycles. The number of aromatic amines is 1. The molecular formula is C45H60FN9O5. The predicted octanol–water partition coefficient (Wildman–Crippen LogP) is 6.00. The molecular weight excluding hydrogens is 766 g/mol. The fourth-order valence-electron chi connectivity index (χ4n) is 9.60. The summed E-state index contributed by atoms with van der Waals surface area (Å²) in [5.74, 6) is 1.14. The molecule has 2 aliphatic carbocycles. The number of hydrogen-bond donors (Lipinski definition) is 3. The molecule has 3 N–H and O–H groups in total. The Hall–Kier alpha value is -5.15. The third-order valence-electron chi connectivity index (χ3n) is 13.4. The van der Waals surface area contributed by atoms with Crippen LogP contribution in [0.3, 0.4) is 0 Å². The van der Waals surface area contributed by atoms with E-state index in [-0.39, 0.29) is 45.8 Å². The lowest BCUT2D eigenvalue weighted by Gasteiger charge is -2.37. The van der Waals surface area contributed by atoms with Crippen LogP contribution in [0.25, 0.3) is 22.3 Å². The zero-order valence-corrected chi connectivity index (χ0v) is 34.7. The predicted molar refractivity (Wildman–Crippen MR) is 229 cm³/mol. The summed E-state index contributed by atoms with van der Waals surface area (Å²) in [5, 5.41) is 20.7. The smallest absolute Gasteiger partial charge is 0.255 e. The summed E-state index contributed by atoms with van der Waals surface area (Å²) in [6, 6.07) is 9.16. The number of aliphatic hydroxyl groups excluding tert-OH is 1. The molecule has 2 aromatic heterocycles. The number of nitrogens with one attached hydrogen (secondary N) is 2. The molecule has 0 spiro atoms. The molecule has 10 rings (SSSR count). The summed E-state index contributed by atoms with van der Waals surface area (Å²) in [4.78, 5) is 53.9. The zero-order valence-electron chi connectivity index (χ0n) is 34.7. The van der Waals surface area contributed by atoms with E-state index in [9.17, 15) is 19.5 Å². The van der Waals surface area contributed by atoms with Crippen LogP contribution in [0.4, 0.5) is 15.9 Å². The minimum atomic E-state index is -0.755. The van der Waals surface area contributed by atoms with Gasteiger partial charge >= 0.3 is 0 Å².